The average molecular weight is 266 g/mol. The maximum absolute atomic E-state index is 10.5. The van der Waals surface area contributed by atoms with E-state index in [1.54, 1.807) is 31.6 Å². The third kappa shape index (κ3) is 2.21. The molecule has 1 aromatic carbocycles. The number of aromatic nitrogens is 2. The van der Waals surface area contributed by atoms with Crippen molar-refractivity contribution in [1.29, 1.82) is 0 Å². The summed E-state index contributed by atoms with van der Waals surface area (Å²) in [7, 11) is 1.56. The third-order valence-electron chi connectivity index (χ3n) is 3.24. The highest BCUT2D eigenvalue weighted by Crippen LogP contribution is 2.27. The van der Waals surface area contributed by atoms with Crippen LogP contribution in [0.25, 0.3) is 10.9 Å². The van der Waals surface area contributed by atoms with Crippen LogP contribution in [-0.4, -0.2) is 22.2 Å². The molecule has 20 heavy (non-hydrogen) atoms. The number of rotatable bonds is 3. The predicted octanol–water partition coefficient (Wildman–Crippen LogP) is 2.72. The first-order chi connectivity index (χ1) is 9.79. The van der Waals surface area contributed by atoms with Crippen LogP contribution in [0.4, 0.5) is 0 Å². The number of benzene rings is 1. The van der Waals surface area contributed by atoms with Gasteiger partial charge in [0.1, 0.15) is 6.10 Å². The second kappa shape index (κ2) is 5.27. The predicted molar refractivity (Wildman–Crippen MR) is 76.6 cm³/mol. The van der Waals surface area contributed by atoms with Crippen LogP contribution in [0.2, 0.25) is 0 Å². The minimum absolute atomic E-state index is 0.525. The molecule has 1 unspecified atom stereocenters. The monoisotopic (exact) mass is 266 g/mol. The zero-order chi connectivity index (χ0) is 13.9. The Kier molecular flexibility index (Phi) is 3.31. The van der Waals surface area contributed by atoms with Crippen molar-refractivity contribution in [2.75, 3.05) is 7.11 Å². The number of methoxy groups -OCH3 is 1. The summed E-state index contributed by atoms with van der Waals surface area (Å²) in [5.74, 6) is 0.525. The Morgan fingerprint density at radius 3 is 2.65 bits per heavy atom. The van der Waals surface area contributed by atoms with E-state index in [0.717, 1.165) is 16.5 Å². The zero-order valence-corrected chi connectivity index (χ0v) is 11.0. The van der Waals surface area contributed by atoms with Gasteiger partial charge in [0.2, 0.25) is 5.88 Å². The summed E-state index contributed by atoms with van der Waals surface area (Å²) >= 11 is 0. The van der Waals surface area contributed by atoms with E-state index >= 15 is 0 Å². The molecule has 0 bridgehead atoms. The topological polar surface area (TPSA) is 55.2 Å². The van der Waals surface area contributed by atoms with Crippen LogP contribution in [0, 0.1) is 0 Å². The van der Waals surface area contributed by atoms with Crippen LogP contribution in [0.15, 0.2) is 54.9 Å². The van der Waals surface area contributed by atoms with Crippen molar-refractivity contribution in [2.24, 2.45) is 0 Å². The summed E-state index contributed by atoms with van der Waals surface area (Å²) in [6, 6.07) is 13.2. The molecule has 100 valence electrons. The molecular formula is C16H14N2O2. The van der Waals surface area contributed by atoms with Gasteiger partial charge in [-0.2, -0.15) is 0 Å². The van der Waals surface area contributed by atoms with Gasteiger partial charge in [0, 0.05) is 35.0 Å². The van der Waals surface area contributed by atoms with Crippen LogP contribution in [-0.2, 0) is 0 Å². The highest BCUT2D eigenvalue weighted by Gasteiger charge is 2.14. The molecule has 2 aromatic heterocycles. The van der Waals surface area contributed by atoms with Crippen LogP contribution in [0.5, 0.6) is 5.88 Å². The molecule has 4 heteroatoms. The molecule has 2 heterocycles. The zero-order valence-electron chi connectivity index (χ0n) is 11.0. The lowest BCUT2D eigenvalue weighted by molar-refractivity contribution is 0.221. The summed E-state index contributed by atoms with van der Waals surface area (Å²) in [5, 5.41) is 11.5. The van der Waals surface area contributed by atoms with E-state index in [2.05, 4.69) is 9.97 Å². The number of aliphatic hydroxyl groups excluding tert-OH is 1. The quantitative estimate of drug-likeness (QED) is 0.792. The first-order valence-corrected chi connectivity index (χ1v) is 6.31. The Morgan fingerprint density at radius 2 is 1.90 bits per heavy atom. The molecule has 3 aromatic rings. The Balaban J connectivity index is 2.05. The van der Waals surface area contributed by atoms with Gasteiger partial charge in [-0.05, 0) is 12.1 Å². The highest BCUT2D eigenvalue weighted by molar-refractivity contribution is 5.82. The number of ether oxygens (including phenoxy) is 1. The van der Waals surface area contributed by atoms with Gasteiger partial charge in [-0.25, -0.2) is 4.98 Å². The number of nitrogens with zero attached hydrogens (tertiary/aromatic N) is 2. The van der Waals surface area contributed by atoms with Crippen molar-refractivity contribution >= 4 is 10.9 Å². The van der Waals surface area contributed by atoms with E-state index in [0.29, 0.717) is 11.4 Å². The van der Waals surface area contributed by atoms with E-state index in [4.69, 9.17) is 4.74 Å². The average Bonchev–Trinajstić information content (AvgIpc) is 2.54. The maximum atomic E-state index is 10.5. The van der Waals surface area contributed by atoms with Crippen LogP contribution >= 0.6 is 0 Å². The van der Waals surface area contributed by atoms with E-state index in [1.807, 2.05) is 30.3 Å². The normalized spacial score (nSPS) is 12.3. The van der Waals surface area contributed by atoms with Crippen molar-refractivity contribution in [2.45, 2.75) is 6.10 Å². The molecule has 0 saturated heterocycles. The Labute approximate surface area is 116 Å². The third-order valence-corrected chi connectivity index (χ3v) is 3.24. The van der Waals surface area contributed by atoms with Gasteiger partial charge < -0.3 is 9.84 Å². The van der Waals surface area contributed by atoms with Crippen molar-refractivity contribution < 1.29 is 9.84 Å². The SMILES string of the molecule is COc1ccc(C(O)c2cccc3cccnc23)cn1. The summed E-state index contributed by atoms with van der Waals surface area (Å²) < 4.78 is 5.02. The summed E-state index contributed by atoms with van der Waals surface area (Å²) in [5.41, 5.74) is 2.29. The number of fused-ring (bicyclic) bond motifs is 1. The minimum atomic E-state index is -0.757. The molecule has 0 saturated carbocycles. The fourth-order valence-electron chi connectivity index (χ4n) is 2.20. The molecule has 0 amide bonds. The molecule has 0 aliphatic carbocycles. The number of hydrogen-bond donors (Lipinski definition) is 1. The van der Waals surface area contributed by atoms with Crippen molar-refractivity contribution in [3.05, 3.63) is 66.0 Å². The molecule has 0 fully saturated rings. The highest BCUT2D eigenvalue weighted by atomic mass is 16.5. The fraction of sp³-hybridized carbons (Fsp3) is 0.125. The lowest BCUT2D eigenvalue weighted by Gasteiger charge is -2.13. The van der Waals surface area contributed by atoms with Crippen LogP contribution < -0.4 is 4.74 Å². The van der Waals surface area contributed by atoms with E-state index < -0.39 is 6.10 Å². The van der Waals surface area contributed by atoms with Gasteiger partial charge in [0.15, 0.2) is 0 Å². The summed E-state index contributed by atoms with van der Waals surface area (Å²) in [6.45, 7) is 0. The molecule has 0 spiro atoms. The smallest absolute Gasteiger partial charge is 0.212 e. The maximum Gasteiger partial charge on any atom is 0.212 e. The molecular weight excluding hydrogens is 252 g/mol. The number of aliphatic hydroxyl groups is 1. The van der Waals surface area contributed by atoms with Crippen molar-refractivity contribution in [3.8, 4) is 5.88 Å². The Hall–Kier alpha value is -2.46. The second-order valence-electron chi connectivity index (χ2n) is 4.46. The van der Waals surface area contributed by atoms with Crippen molar-refractivity contribution in [3.63, 3.8) is 0 Å². The van der Waals surface area contributed by atoms with Gasteiger partial charge >= 0.3 is 0 Å². The molecule has 0 aliphatic rings. The molecule has 4 nitrogen and oxygen atoms in total. The standard InChI is InChI=1S/C16H14N2O2/c1-20-14-8-7-12(10-18-14)16(19)13-6-2-4-11-5-3-9-17-15(11)13/h2-10,16,19H,1H3. The number of pyridine rings is 2. The second-order valence-corrected chi connectivity index (χ2v) is 4.46. The van der Waals surface area contributed by atoms with Gasteiger partial charge in [-0.3, -0.25) is 4.98 Å². The minimum Gasteiger partial charge on any atom is -0.481 e. The van der Waals surface area contributed by atoms with Crippen molar-refractivity contribution in [1.82, 2.24) is 9.97 Å². The van der Waals surface area contributed by atoms with Crippen LogP contribution in [0.3, 0.4) is 0 Å². The lowest BCUT2D eigenvalue weighted by atomic mass is 10.00. The molecule has 0 aliphatic heterocycles. The van der Waals surface area contributed by atoms with Gasteiger partial charge in [0.25, 0.3) is 0 Å². The van der Waals surface area contributed by atoms with Gasteiger partial charge in [0.05, 0.1) is 12.6 Å². The molecule has 1 atom stereocenters. The Bertz CT molecular complexity index is 721. The molecule has 3 rings (SSSR count). The van der Waals surface area contributed by atoms with E-state index in [-0.39, 0.29) is 0 Å². The summed E-state index contributed by atoms with van der Waals surface area (Å²) in [4.78, 5) is 8.48. The number of para-hydroxylation sites is 1. The molecule has 0 radical (unpaired) electrons. The first-order valence-electron chi connectivity index (χ1n) is 6.31. The summed E-state index contributed by atoms with van der Waals surface area (Å²) in [6.07, 6.45) is 2.59. The van der Waals surface area contributed by atoms with Gasteiger partial charge in [-0.15, -0.1) is 0 Å². The van der Waals surface area contributed by atoms with Gasteiger partial charge in [-0.1, -0.05) is 24.3 Å². The fourth-order valence-corrected chi connectivity index (χ4v) is 2.20. The number of hydrogen-bond acceptors (Lipinski definition) is 4. The van der Waals surface area contributed by atoms with Crippen LogP contribution in [0.1, 0.15) is 17.2 Å². The molecule has 1 N–H and O–H groups in total. The lowest BCUT2D eigenvalue weighted by Crippen LogP contribution is -2.02. The largest absolute Gasteiger partial charge is 0.481 e. The Morgan fingerprint density at radius 1 is 1.05 bits per heavy atom. The van der Waals surface area contributed by atoms with E-state index in [9.17, 15) is 5.11 Å². The van der Waals surface area contributed by atoms with E-state index in [1.165, 1.54) is 0 Å². The first kappa shape index (κ1) is 12.6.